The summed E-state index contributed by atoms with van der Waals surface area (Å²) in [4.78, 5) is 17.2. The lowest BCUT2D eigenvalue weighted by molar-refractivity contribution is 0.679. The van der Waals surface area contributed by atoms with Gasteiger partial charge in [-0.1, -0.05) is 55.3 Å². The highest BCUT2D eigenvalue weighted by atomic mass is 35.5. The first-order valence-electron chi connectivity index (χ1n) is 9.32. The second-order valence-corrected chi connectivity index (χ2v) is 7.12. The molecule has 4 rings (SSSR count). The smallest absolute Gasteiger partial charge is 0.290 e. The van der Waals surface area contributed by atoms with Crippen LogP contribution in [0.2, 0.25) is 5.15 Å². The van der Waals surface area contributed by atoms with Crippen molar-refractivity contribution in [3.8, 4) is 22.6 Å². The van der Waals surface area contributed by atoms with Crippen LogP contribution < -0.4 is 5.69 Å². The van der Waals surface area contributed by atoms with Gasteiger partial charge in [0.05, 0.1) is 17.9 Å². The van der Waals surface area contributed by atoms with Crippen LogP contribution in [0.1, 0.15) is 24.6 Å². The first kappa shape index (κ1) is 19.1. The maximum absolute atomic E-state index is 12.6. The van der Waals surface area contributed by atoms with Crippen LogP contribution >= 0.6 is 11.6 Å². The molecule has 3 aromatic heterocycles. The Labute approximate surface area is 172 Å². The minimum atomic E-state index is -0.120. The minimum absolute atomic E-state index is 0.120. The maximum atomic E-state index is 12.6. The van der Waals surface area contributed by atoms with E-state index < -0.39 is 0 Å². The van der Waals surface area contributed by atoms with Gasteiger partial charge in [0.1, 0.15) is 5.15 Å². The first-order chi connectivity index (χ1) is 14.1. The zero-order chi connectivity index (χ0) is 20.4. The highest BCUT2D eigenvalue weighted by molar-refractivity contribution is 6.30. The molecule has 0 unspecified atom stereocenters. The first-order valence-corrected chi connectivity index (χ1v) is 9.70. The number of H-pyrrole nitrogens is 1. The van der Waals surface area contributed by atoms with E-state index >= 15 is 0 Å². The molecule has 0 spiro atoms. The second-order valence-electron chi connectivity index (χ2n) is 6.76. The van der Waals surface area contributed by atoms with Crippen LogP contribution in [0, 0.1) is 0 Å². The van der Waals surface area contributed by atoms with Gasteiger partial charge in [-0.25, -0.2) is 9.89 Å². The number of nitrogens with one attached hydrogen (secondary N) is 1. The largest absolute Gasteiger partial charge is 0.329 e. The van der Waals surface area contributed by atoms with Gasteiger partial charge in [-0.3, -0.25) is 14.1 Å². The number of aromatic nitrogens is 7. The van der Waals surface area contributed by atoms with Gasteiger partial charge >= 0.3 is 5.69 Å². The fraction of sp³-hybridized carbons (Fsp3) is 0.250. The number of halogens is 1. The summed E-state index contributed by atoms with van der Waals surface area (Å²) in [7, 11) is 1.69. The van der Waals surface area contributed by atoms with Crippen LogP contribution in [-0.4, -0.2) is 34.7 Å². The van der Waals surface area contributed by atoms with Gasteiger partial charge in [0, 0.05) is 24.4 Å². The number of nitrogens with zero attached hydrogens (tertiary/aromatic N) is 6. The Morgan fingerprint density at radius 3 is 2.59 bits per heavy atom. The topological polar surface area (TPSA) is 94.3 Å². The van der Waals surface area contributed by atoms with Gasteiger partial charge in [-0.05, 0) is 28.5 Å². The maximum Gasteiger partial charge on any atom is 0.329 e. The number of benzene rings is 1. The zero-order valence-corrected chi connectivity index (χ0v) is 16.9. The third-order valence-electron chi connectivity index (χ3n) is 4.83. The van der Waals surface area contributed by atoms with Crippen LogP contribution in [0.3, 0.4) is 0 Å². The summed E-state index contributed by atoms with van der Waals surface area (Å²) >= 11 is 6.34. The van der Waals surface area contributed by atoms with Crippen molar-refractivity contribution in [3.63, 3.8) is 0 Å². The molecule has 0 aliphatic heterocycles. The fourth-order valence-electron chi connectivity index (χ4n) is 3.37. The van der Waals surface area contributed by atoms with E-state index in [1.165, 1.54) is 4.57 Å². The van der Waals surface area contributed by atoms with Gasteiger partial charge in [0.2, 0.25) is 0 Å². The summed E-state index contributed by atoms with van der Waals surface area (Å²) in [6.07, 6.45) is 3.44. The van der Waals surface area contributed by atoms with Gasteiger partial charge in [-0.2, -0.15) is 0 Å². The molecule has 148 valence electrons. The molecule has 9 heteroatoms. The molecule has 0 bridgehead atoms. The Hall–Kier alpha value is -3.26. The lowest BCUT2D eigenvalue weighted by Gasteiger charge is -2.09. The SMILES string of the molecule is CCCc1c(Cl)n(C)c(=O)n1Cc1ccc(-c2ccccc2-c2nnn[nH]2)nc1. The van der Waals surface area contributed by atoms with E-state index in [-0.39, 0.29) is 5.69 Å². The predicted molar refractivity (Wildman–Crippen MR) is 111 cm³/mol. The minimum Gasteiger partial charge on any atom is -0.290 e. The average Bonchev–Trinajstić information content (AvgIpc) is 3.35. The molecular formula is C20H20ClN7O. The van der Waals surface area contributed by atoms with E-state index in [1.807, 2.05) is 36.4 Å². The van der Waals surface area contributed by atoms with Gasteiger partial charge in [0.25, 0.3) is 0 Å². The van der Waals surface area contributed by atoms with Crippen LogP contribution in [0.4, 0.5) is 0 Å². The van der Waals surface area contributed by atoms with Crippen LogP contribution in [0.25, 0.3) is 22.6 Å². The van der Waals surface area contributed by atoms with Crippen molar-refractivity contribution >= 4 is 11.6 Å². The van der Waals surface area contributed by atoms with Gasteiger partial charge in [-0.15, -0.1) is 5.10 Å². The number of imidazole rings is 1. The predicted octanol–water partition coefficient (Wildman–Crippen LogP) is 3.08. The van der Waals surface area contributed by atoms with Crippen molar-refractivity contribution in [2.24, 2.45) is 7.05 Å². The van der Waals surface area contributed by atoms with Crippen molar-refractivity contribution < 1.29 is 0 Å². The molecule has 0 amide bonds. The quantitative estimate of drug-likeness (QED) is 0.528. The van der Waals surface area contributed by atoms with Crippen LogP contribution in [-0.2, 0) is 20.0 Å². The number of hydrogen-bond donors (Lipinski definition) is 1. The number of tetrazole rings is 1. The molecule has 0 radical (unpaired) electrons. The summed E-state index contributed by atoms with van der Waals surface area (Å²) in [5, 5.41) is 14.6. The number of hydrogen-bond acceptors (Lipinski definition) is 5. The Morgan fingerprint density at radius 1 is 1.14 bits per heavy atom. The summed E-state index contributed by atoms with van der Waals surface area (Å²) in [6.45, 7) is 2.49. The lowest BCUT2D eigenvalue weighted by atomic mass is 10.0. The molecule has 0 aliphatic rings. The molecule has 0 saturated carbocycles. The molecule has 0 atom stereocenters. The van der Waals surface area contributed by atoms with Crippen LogP contribution in [0.5, 0.6) is 0 Å². The van der Waals surface area contributed by atoms with E-state index in [0.717, 1.165) is 40.9 Å². The molecule has 3 heterocycles. The van der Waals surface area contributed by atoms with E-state index in [1.54, 1.807) is 17.8 Å². The van der Waals surface area contributed by atoms with Gasteiger partial charge in [0.15, 0.2) is 5.82 Å². The molecule has 0 saturated heterocycles. The molecular weight excluding hydrogens is 390 g/mol. The molecule has 1 N–H and O–H groups in total. The highest BCUT2D eigenvalue weighted by Crippen LogP contribution is 2.28. The summed E-state index contributed by atoms with van der Waals surface area (Å²) in [6, 6.07) is 11.7. The third kappa shape index (κ3) is 3.58. The lowest BCUT2D eigenvalue weighted by Crippen LogP contribution is -2.24. The van der Waals surface area contributed by atoms with E-state index in [2.05, 4.69) is 32.5 Å². The Morgan fingerprint density at radius 2 is 1.93 bits per heavy atom. The summed E-state index contributed by atoms with van der Waals surface area (Å²) < 4.78 is 3.20. The Kier molecular flexibility index (Phi) is 5.26. The van der Waals surface area contributed by atoms with Crippen molar-refractivity contribution in [1.82, 2.24) is 34.7 Å². The number of rotatable bonds is 6. The molecule has 8 nitrogen and oxygen atoms in total. The molecule has 0 fully saturated rings. The third-order valence-corrected chi connectivity index (χ3v) is 5.30. The highest BCUT2D eigenvalue weighted by Gasteiger charge is 2.16. The Balaban J connectivity index is 1.66. The molecule has 0 aliphatic carbocycles. The van der Waals surface area contributed by atoms with E-state index in [9.17, 15) is 4.79 Å². The monoisotopic (exact) mass is 409 g/mol. The van der Waals surface area contributed by atoms with Crippen molar-refractivity contribution in [2.75, 3.05) is 0 Å². The molecule has 29 heavy (non-hydrogen) atoms. The summed E-state index contributed by atoms with van der Waals surface area (Å²) in [5.74, 6) is 0.584. The van der Waals surface area contributed by atoms with E-state index in [4.69, 9.17) is 11.6 Å². The number of pyridine rings is 1. The van der Waals surface area contributed by atoms with E-state index in [0.29, 0.717) is 17.5 Å². The standard InChI is InChI=1S/C20H20ClN7O/c1-3-6-17-18(21)27(2)20(29)28(17)12-13-9-10-16(22-11-13)14-7-4-5-8-15(14)19-23-25-26-24-19/h4-5,7-11H,3,6,12H2,1-2H3,(H,23,24,25,26). The second kappa shape index (κ2) is 8.00. The fourth-order valence-corrected chi connectivity index (χ4v) is 3.64. The van der Waals surface area contributed by atoms with Crippen molar-refractivity contribution in [2.45, 2.75) is 26.3 Å². The summed E-state index contributed by atoms with van der Waals surface area (Å²) in [5.41, 5.74) is 4.25. The van der Waals surface area contributed by atoms with Crippen molar-refractivity contribution in [3.05, 3.63) is 69.5 Å². The Bertz CT molecular complexity index is 1180. The molecule has 1 aromatic carbocycles. The molecule has 4 aromatic rings. The van der Waals surface area contributed by atoms with Crippen molar-refractivity contribution in [1.29, 1.82) is 0 Å². The van der Waals surface area contributed by atoms with Gasteiger partial charge < -0.3 is 0 Å². The zero-order valence-electron chi connectivity index (χ0n) is 16.1. The average molecular weight is 410 g/mol. The normalized spacial score (nSPS) is 11.1. The van der Waals surface area contributed by atoms with Crippen LogP contribution in [0.15, 0.2) is 47.4 Å². The number of aromatic amines is 1.